The van der Waals surface area contributed by atoms with E-state index >= 15 is 0 Å². The molecule has 0 spiro atoms. The Morgan fingerprint density at radius 1 is 0.444 bits per heavy atom. The van der Waals surface area contributed by atoms with Gasteiger partial charge in [0.25, 0.3) is 0 Å². The lowest BCUT2D eigenvalue weighted by Gasteiger charge is -2.27. The Hall–Kier alpha value is -1.73. The summed E-state index contributed by atoms with van der Waals surface area (Å²) in [4.78, 5) is 12.5. The Morgan fingerprint density at radius 2 is 0.796 bits per heavy atom. The van der Waals surface area contributed by atoms with Crippen LogP contribution in [0.3, 0.4) is 0 Å². The minimum atomic E-state index is -1.29. The maximum Gasteiger partial charge on any atom is 0.249 e. The maximum atomic E-state index is 12.5. The van der Waals surface area contributed by atoms with Gasteiger partial charge < -0.3 is 25.7 Å². The molecule has 0 saturated carbocycles. The van der Waals surface area contributed by atoms with Crippen molar-refractivity contribution in [3.8, 4) is 0 Å². The molecule has 0 aliphatic heterocycles. The van der Waals surface area contributed by atoms with Crippen molar-refractivity contribution in [2.45, 2.75) is 244 Å². The predicted molar refractivity (Wildman–Crippen MR) is 233 cm³/mol. The second-order valence-corrected chi connectivity index (χ2v) is 15.7. The molecule has 0 rings (SSSR count). The van der Waals surface area contributed by atoms with Crippen molar-refractivity contribution in [3.63, 3.8) is 0 Å². The van der Waals surface area contributed by atoms with Crippen LogP contribution >= 0.6 is 0 Å². The predicted octanol–water partition coefficient (Wildman–Crippen LogP) is 12.3. The highest BCUT2D eigenvalue weighted by molar-refractivity contribution is 5.80. The SMILES string of the molecule is CCCC/C=C/CC/C=C/CC/C=C/CCCC(O)C(O)C(CO)NC(=O)C(O)CCCCCCCCC/C=C\CCCCCCCCCCCCCC. The van der Waals surface area contributed by atoms with Crippen molar-refractivity contribution >= 4 is 5.91 Å². The molecular weight excluding hydrogens is 671 g/mol. The second kappa shape index (κ2) is 42.4. The molecule has 0 aromatic heterocycles. The monoisotopic (exact) mass is 760 g/mol. The minimum Gasteiger partial charge on any atom is -0.394 e. The van der Waals surface area contributed by atoms with Crippen LogP contribution in [0.4, 0.5) is 0 Å². The Kier molecular flexibility index (Phi) is 41.1. The summed E-state index contributed by atoms with van der Waals surface area (Å²) >= 11 is 0. The average molecular weight is 760 g/mol. The number of aliphatic hydroxyl groups excluding tert-OH is 4. The number of carbonyl (C=O) groups is 1. The molecule has 0 bridgehead atoms. The molecule has 6 heteroatoms. The maximum absolute atomic E-state index is 12.5. The summed E-state index contributed by atoms with van der Waals surface area (Å²) < 4.78 is 0. The number of amides is 1. The van der Waals surface area contributed by atoms with Gasteiger partial charge in [0.05, 0.1) is 18.8 Å². The van der Waals surface area contributed by atoms with E-state index in [1.54, 1.807) is 0 Å². The zero-order valence-corrected chi connectivity index (χ0v) is 35.5. The largest absolute Gasteiger partial charge is 0.394 e. The minimum absolute atomic E-state index is 0.352. The molecule has 4 atom stereocenters. The van der Waals surface area contributed by atoms with Gasteiger partial charge in [-0.05, 0) is 83.5 Å². The van der Waals surface area contributed by atoms with Crippen LogP contribution in [0.5, 0.6) is 0 Å². The lowest BCUT2D eigenvalue weighted by atomic mass is 10.00. The standard InChI is InChI=1S/C48H89NO5/c1-3-5-7-9-11-13-15-17-19-20-21-22-23-24-25-26-28-30-32-34-36-38-40-42-46(52)48(54)49-44(43-50)47(53)45(51)41-39-37-35-33-31-29-27-18-16-14-12-10-8-6-4-2/h10,12,18,24-25,27,33,35,44-47,50-53H,3-9,11,13-17,19-23,26,28-32,34,36-43H2,1-2H3,(H,49,54)/b12-10+,25-24-,27-18+,35-33+. The molecule has 6 nitrogen and oxygen atoms in total. The highest BCUT2D eigenvalue weighted by atomic mass is 16.3. The topological polar surface area (TPSA) is 110 Å². The average Bonchev–Trinajstić information content (AvgIpc) is 3.18. The van der Waals surface area contributed by atoms with E-state index in [1.165, 1.54) is 135 Å². The Balaban J connectivity index is 3.77. The van der Waals surface area contributed by atoms with Crippen molar-refractivity contribution in [1.82, 2.24) is 5.32 Å². The number of hydrogen-bond donors (Lipinski definition) is 5. The second-order valence-electron chi connectivity index (χ2n) is 15.7. The van der Waals surface area contributed by atoms with E-state index in [-0.39, 0.29) is 0 Å². The van der Waals surface area contributed by atoms with Crippen LogP contribution in [0.25, 0.3) is 0 Å². The quantitative estimate of drug-likeness (QED) is 0.0315. The molecular formula is C48H89NO5. The number of hydrogen-bond acceptors (Lipinski definition) is 5. The number of unbranched alkanes of at least 4 members (excludes halogenated alkanes) is 24. The van der Waals surface area contributed by atoms with Gasteiger partial charge in [0.1, 0.15) is 12.2 Å². The summed E-state index contributed by atoms with van der Waals surface area (Å²) in [6.07, 6.45) is 51.5. The molecule has 0 heterocycles. The van der Waals surface area contributed by atoms with Crippen LogP contribution in [-0.4, -0.2) is 57.3 Å². The lowest BCUT2D eigenvalue weighted by molar-refractivity contribution is -0.132. The van der Waals surface area contributed by atoms with E-state index < -0.39 is 36.9 Å². The Labute approximate surface area is 334 Å². The van der Waals surface area contributed by atoms with Crippen molar-refractivity contribution in [1.29, 1.82) is 0 Å². The van der Waals surface area contributed by atoms with Crippen molar-refractivity contribution in [2.75, 3.05) is 6.61 Å². The van der Waals surface area contributed by atoms with E-state index in [9.17, 15) is 25.2 Å². The highest BCUT2D eigenvalue weighted by Crippen LogP contribution is 2.15. The van der Waals surface area contributed by atoms with Crippen molar-refractivity contribution < 1.29 is 25.2 Å². The molecule has 0 saturated heterocycles. The Morgan fingerprint density at radius 3 is 1.22 bits per heavy atom. The summed E-state index contributed by atoms with van der Waals surface area (Å²) in [5.74, 6) is -0.604. The number of carbonyl (C=O) groups excluding carboxylic acids is 1. The molecule has 316 valence electrons. The lowest BCUT2D eigenvalue weighted by Crippen LogP contribution is -2.53. The third-order valence-electron chi connectivity index (χ3n) is 10.5. The normalized spacial score (nSPS) is 14.6. The van der Waals surface area contributed by atoms with Gasteiger partial charge in [-0.1, -0.05) is 184 Å². The van der Waals surface area contributed by atoms with Gasteiger partial charge in [0, 0.05) is 0 Å². The molecule has 0 aromatic rings. The van der Waals surface area contributed by atoms with E-state index in [0.29, 0.717) is 19.3 Å². The van der Waals surface area contributed by atoms with Crippen LogP contribution in [0, 0.1) is 0 Å². The molecule has 0 fully saturated rings. The van der Waals surface area contributed by atoms with E-state index in [1.807, 2.05) is 0 Å². The molecule has 0 radical (unpaired) electrons. The molecule has 0 aliphatic rings. The van der Waals surface area contributed by atoms with Gasteiger partial charge in [-0.15, -0.1) is 0 Å². The number of rotatable bonds is 41. The van der Waals surface area contributed by atoms with Gasteiger partial charge >= 0.3 is 0 Å². The van der Waals surface area contributed by atoms with Gasteiger partial charge in [0.2, 0.25) is 5.91 Å². The van der Waals surface area contributed by atoms with E-state index in [2.05, 4.69) is 67.8 Å². The smallest absolute Gasteiger partial charge is 0.249 e. The number of aliphatic hydroxyl groups is 4. The zero-order valence-electron chi connectivity index (χ0n) is 35.5. The third-order valence-corrected chi connectivity index (χ3v) is 10.5. The molecule has 54 heavy (non-hydrogen) atoms. The number of nitrogens with one attached hydrogen (secondary N) is 1. The van der Waals surface area contributed by atoms with Crippen molar-refractivity contribution in [2.24, 2.45) is 0 Å². The van der Waals surface area contributed by atoms with Crippen LogP contribution in [0.15, 0.2) is 48.6 Å². The fraction of sp³-hybridized carbons (Fsp3) is 0.812. The van der Waals surface area contributed by atoms with Gasteiger partial charge in [-0.2, -0.15) is 0 Å². The molecule has 1 amide bonds. The van der Waals surface area contributed by atoms with Gasteiger partial charge in [0.15, 0.2) is 0 Å². The van der Waals surface area contributed by atoms with Crippen LogP contribution in [0.2, 0.25) is 0 Å². The van der Waals surface area contributed by atoms with Crippen LogP contribution in [0.1, 0.15) is 219 Å². The third kappa shape index (κ3) is 35.9. The summed E-state index contributed by atoms with van der Waals surface area (Å²) in [7, 11) is 0. The summed E-state index contributed by atoms with van der Waals surface area (Å²) in [6, 6.07) is -1.01. The van der Waals surface area contributed by atoms with Gasteiger partial charge in [-0.3, -0.25) is 4.79 Å². The van der Waals surface area contributed by atoms with E-state index in [0.717, 1.165) is 51.4 Å². The summed E-state index contributed by atoms with van der Waals surface area (Å²) in [6.45, 7) is 3.99. The number of allylic oxidation sites excluding steroid dienone is 8. The summed E-state index contributed by atoms with van der Waals surface area (Å²) in [5, 5.41) is 43.6. The molecule has 0 aromatic carbocycles. The first kappa shape index (κ1) is 52.3. The van der Waals surface area contributed by atoms with Gasteiger partial charge in [-0.25, -0.2) is 0 Å². The van der Waals surface area contributed by atoms with Crippen LogP contribution < -0.4 is 5.32 Å². The fourth-order valence-corrected chi connectivity index (χ4v) is 6.77. The molecule has 4 unspecified atom stereocenters. The molecule has 0 aliphatic carbocycles. The Bertz CT molecular complexity index is 900. The fourth-order valence-electron chi connectivity index (χ4n) is 6.77. The zero-order chi connectivity index (χ0) is 39.6. The van der Waals surface area contributed by atoms with Crippen LogP contribution in [-0.2, 0) is 4.79 Å². The molecule has 5 N–H and O–H groups in total. The first-order valence-electron chi connectivity index (χ1n) is 23.0. The first-order valence-corrected chi connectivity index (χ1v) is 23.0. The van der Waals surface area contributed by atoms with Crippen molar-refractivity contribution in [3.05, 3.63) is 48.6 Å². The summed E-state index contributed by atoms with van der Waals surface area (Å²) in [5.41, 5.74) is 0. The van der Waals surface area contributed by atoms with E-state index in [4.69, 9.17) is 0 Å². The first-order chi connectivity index (χ1) is 26.5. The highest BCUT2D eigenvalue weighted by Gasteiger charge is 2.28.